The highest BCUT2D eigenvalue weighted by molar-refractivity contribution is 4.99. The molecule has 1 aromatic heterocycles. The maximum absolute atomic E-state index is 12.1. The van der Waals surface area contributed by atoms with E-state index >= 15 is 0 Å². The van der Waals surface area contributed by atoms with Gasteiger partial charge in [0.25, 0.3) is 5.82 Å². The molecule has 74 valence electrons. The molecule has 0 N–H and O–H groups in total. The van der Waals surface area contributed by atoms with Crippen LogP contribution >= 0.6 is 0 Å². The van der Waals surface area contributed by atoms with Crippen LogP contribution in [0.5, 0.6) is 0 Å². The van der Waals surface area contributed by atoms with Crippen LogP contribution in [0.4, 0.5) is 13.2 Å². The van der Waals surface area contributed by atoms with E-state index in [0.717, 1.165) is 4.68 Å². The van der Waals surface area contributed by atoms with Crippen LogP contribution in [0.1, 0.15) is 31.4 Å². The third-order valence-electron chi connectivity index (χ3n) is 1.57. The first-order valence-corrected chi connectivity index (χ1v) is 3.80. The molecule has 0 aliphatic rings. The van der Waals surface area contributed by atoms with Crippen molar-refractivity contribution in [3.8, 4) is 0 Å². The fourth-order valence-electron chi connectivity index (χ4n) is 1.02. The van der Waals surface area contributed by atoms with E-state index < -0.39 is 12.0 Å². The maximum Gasteiger partial charge on any atom is 0.453 e. The van der Waals surface area contributed by atoms with E-state index in [0.29, 0.717) is 5.82 Å². The van der Waals surface area contributed by atoms with E-state index in [2.05, 4.69) is 10.1 Å². The number of rotatable bonds is 1. The summed E-state index contributed by atoms with van der Waals surface area (Å²) in [6.07, 6.45) is -4.45. The third-order valence-corrected chi connectivity index (χ3v) is 1.57. The molecule has 0 unspecified atom stereocenters. The number of aryl methyl sites for hydroxylation is 1. The molecular formula is C7H10F3N3. The molecule has 0 fully saturated rings. The Hall–Kier alpha value is -1.07. The lowest BCUT2D eigenvalue weighted by atomic mass is 10.2. The van der Waals surface area contributed by atoms with Crippen LogP contribution in [-0.2, 0) is 13.2 Å². The van der Waals surface area contributed by atoms with Crippen molar-refractivity contribution in [1.82, 2.24) is 14.8 Å². The SMILES string of the molecule is CC(C)c1nc(C(F)(F)F)nn1C. The van der Waals surface area contributed by atoms with Gasteiger partial charge in [-0.2, -0.15) is 13.2 Å². The van der Waals surface area contributed by atoms with Gasteiger partial charge < -0.3 is 0 Å². The molecule has 0 aliphatic heterocycles. The van der Waals surface area contributed by atoms with E-state index in [1.807, 2.05) is 0 Å². The van der Waals surface area contributed by atoms with Gasteiger partial charge in [-0.05, 0) is 0 Å². The van der Waals surface area contributed by atoms with E-state index in [1.165, 1.54) is 7.05 Å². The average Bonchev–Trinajstić information content (AvgIpc) is 2.29. The lowest BCUT2D eigenvalue weighted by Crippen LogP contribution is -2.08. The van der Waals surface area contributed by atoms with Crippen LogP contribution in [0.25, 0.3) is 0 Å². The number of hydrogen-bond acceptors (Lipinski definition) is 2. The van der Waals surface area contributed by atoms with Crippen molar-refractivity contribution in [3.63, 3.8) is 0 Å². The van der Waals surface area contributed by atoms with Gasteiger partial charge >= 0.3 is 6.18 Å². The molecule has 0 radical (unpaired) electrons. The van der Waals surface area contributed by atoms with Crippen molar-refractivity contribution in [3.05, 3.63) is 11.6 Å². The van der Waals surface area contributed by atoms with Gasteiger partial charge in [-0.25, -0.2) is 4.98 Å². The third kappa shape index (κ3) is 1.99. The van der Waals surface area contributed by atoms with Gasteiger partial charge in [0.2, 0.25) is 0 Å². The van der Waals surface area contributed by atoms with Crippen LogP contribution in [0.2, 0.25) is 0 Å². The Balaban J connectivity index is 3.10. The largest absolute Gasteiger partial charge is 0.453 e. The summed E-state index contributed by atoms with van der Waals surface area (Å²) in [7, 11) is 1.46. The second kappa shape index (κ2) is 3.01. The molecule has 0 aliphatic carbocycles. The molecule has 1 heterocycles. The number of aromatic nitrogens is 3. The zero-order valence-corrected chi connectivity index (χ0v) is 7.55. The molecule has 3 nitrogen and oxygen atoms in total. The summed E-state index contributed by atoms with van der Waals surface area (Å²) in [5, 5.41) is 3.28. The summed E-state index contributed by atoms with van der Waals surface area (Å²) in [5.74, 6) is -0.792. The molecule has 0 spiro atoms. The van der Waals surface area contributed by atoms with Crippen molar-refractivity contribution in [2.45, 2.75) is 25.9 Å². The predicted molar refractivity (Wildman–Crippen MR) is 40.1 cm³/mol. The Kier molecular flexibility index (Phi) is 2.32. The molecule has 0 bridgehead atoms. The van der Waals surface area contributed by atoms with Crippen molar-refractivity contribution in [2.75, 3.05) is 0 Å². The standard InChI is InChI=1S/C7H10F3N3/c1-4(2)5-11-6(7(8,9)10)12-13(5)3/h4H,1-3H3. The summed E-state index contributed by atoms with van der Waals surface area (Å²) in [6.45, 7) is 3.54. The zero-order chi connectivity index (χ0) is 10.2. The number of halogens is 3. The Labute approximate surface area is 73.6 Å². The van der Waals surface area contributed by atoms with E-state index in [9.17, 15) is 13.2 Å². The molecular weight excluding hydrogens is 183 g/mol. The number of hydrogen-bond donors (Lipinski definition) is 0. The second-order valence-electron chi connectivity index (χ2n) is 3.07. The molecule has 0 amide bonds. The average molecular weight is 193 g/mol. The summed E-state index contributed by atoms with van der Waals surface area (Å²) in [6, 6.07) is 0. The first-order chi connectivity index (χ1) is 5.82. The minimum Gasteiger partial charge on any atom is -0.252 e. The maximum atomic E-state index is 12.1. The van der Waals surface area contributed by atoms with Crippen molar-refractivity contribution < 1.29 is 13.2 Å². The number of alkyl halides is 3. The summed E-state index contributed by atoms with van der Waals surface area (Å²) in [5.41, 5.74) is 0. The van der Waals surface area contributed by atoms with Crippen LogP contribution in [0.3, 0.4) is 0 Å². The van der Waals surface area contributed by atoms with Crippen molar-refractivity contribution in [1.29, 1.82) is 0 Å². The van der Waals surface area contributed by atoms with E-state index in [-0.39, 0.29) is 5.92 Å². The van der Waals surface area contributed by atoms with Gasteiger partial charge in [0.05, 0.1) is 0 Å². The lowest BCUT2D eigenvalue weighted by Gasteiger charge is -2.00. The molecule has 1 rings (SSSR count). The van der Waals surface area contributed by atoms with Crippen LogP contribution in [0.15, 0.2) is 0 Å². The quantitative estimate of drug-likeness (QED) is 0.682. The molecule has 0 atom stereocenters. The highest BCUT2D eigenvalue weighted by Crippen LogP contribution is 2.27. The molecule has 0 saturated carbocycles. The van der Waals surface area contributed by atoms with Gasteiger partial charge in [0.15, 0.2) is 0 Å². The normalized spacial score (nSPS) is 12.5. The minimum absolute atomic E-state index is 0.0615. The van der Waals surface area contributed by atoms with Gasteiger partial charge in [-0.1, -0.05) is 13.8 Å². The van der Waals surface area contributed by atoms with Gasteiger partial charge in [0, 0.05) is 13.0 Å². The first kappa shape index (κ1) is 10.0. The van der Waals surface area contributed by atoms with Crippen LogP contribution < -0.4 is 0 Å². The summed E-state index contributed by atoms with van der Waals surface area (Å²) in [4.78, 5) is 3.41. The van der Waals surface area contributed by atoms with Crippen molar-refractivity contribution >= 4 is 0 Å². The Morgan fingerprint density at radius 2 is 1.85 bits per heavy atom. The van der Waals surface area contributed by atoms with Crippen molar-refractivity contribution in [2.24, 2.45) is 7.05 Å². The van der Waals surface area contributed by atoms with Gasteiger partial charge in [-0.15, -0.1) is 5.10 Å². The minimum atomic E-state index is -4.45. The predicted octanol–water partition coefficient (Wildman–Crippen LogP) is 1.96. The topological polar surface area (TPSA) is 30.7 Å². The van der Waals surface area contributed by atoms with E-state index in [1.54, 1.807) is 13.8 Å². The molecule has 6 heteroatoms. The summed E-state index contributed by atoms with van der Waals surface area (Å²) < 4.78 is 37.5. The smallest absolute Gasteiger partial charge is 0.252 e. The monoisotopic (exact) mass is 193 g/mol. The molecule has 0 aromatic carbocycles. The van der Waals surface area contributed by atoms with Gasteiger partial charge in [0.1, 0.15) is 5.82 Å². The Bertz CT molecular complexity index is 300. The van der Waals surface area contributed by atoms with E-state index in [4.69, 9.17) is 0 Å². The summed E-state index contributed by atoms with van der Waals surface area (Å²) >= 11 is 0. The Morgan fingerprint density at radius 3 is 2.08 bits per heavy atom. The highest BCUT2D eigenvalue weighted by atomic mass is 19.4. The van der Waals surface area contributed by atoms with Crippen LogP contribution in [-0.4, -0.2) is 14.8 Å². The first-order valence-electron chi connectivity index (χ1n) is 3.80. The number of nitrogens with zero attached hydrogens (tertiary/aromatic N) is 3. The molecule has 13 heavy (non-hydrogen) atoms. The molecule has 0 saturated heterocycles. The Morgan fingerprint density at radius 1 is 1.31 bits per heavy atom. The fraction of sp³-hybridized carbons (Fsp3) is 0.714. The lowest BCUT2D eigenvalue weighted by molar-refractivity contribution is -0.145. The fourth-order valence-corrected chi connectivity index (χ4v) is 1.02. The highest BCUT2D eigenvalue weighted by Gasteiger charge is 2.36. The van der Waals surface area contributed by atoms with Crippen LogP contribution in [0, 0.1) is 0 Å². The second-order valence-corrected chi connectivity index (χ2v) is 3.07. The zero-order valence-electron chi connectivity index (χ0n) is 7.55. The molecule has 1 aromatic rings. The van der Waals surface area contributed by atoms with Gasteiger partial charge in [-0.3, -0.25) is 4.68 Å².